The van der Waals surface area contributed by atoms with Crippen LogP contribution in [-0.4, -0.2) is 59.1 Å². The van der Waals surface area contributed by atoms with Crippen LogP contribution in [0.25, 0.3) is 17.2 Å². The summed E-state index contributed by atoms with van der Waals surface area (Å²) in [5, 5.41) is 27.2. The van der Waals surface area contributed by atoms with Gasteiger partial charge in [-0.3, -0.25) is 4.57 Å². The van der Waals surface area contributed by atoms with E-state index in [1.165, 1.54) is 30.5 Å². The number of thiazole rings is 1. The molecule has 1 saturated carbocycles. The van der Waals surface area contributed by atoms with Crippen LogP contribution in [0.15, 0.2) is 30.3 Å². The first-order chi connectivity index (χ1) is 14.2. The zero-order valence-electron chi connectivity index (χ0n) is 15.6. The van der Waals surface area contributed by atoms with Crippen LogP contribution in [0.2, 0.25) is 0 Å². The number of rotatable bonds is 5. The summed E-state index contributed by atoms with van der Waals surface area (Å²) in [5.74, 6) is 0.689. The molecular formula is C19H22N6O3S. The third kappa shape index (κ3) is 3.52. The Hall–Kier alpha value is -2.40. The molecule has 3 aromatic heterocycles. The summed E-state index contributed by atoms with van der Waals surface area (Å²) >= 11 is 1.49. The molecule has 3 aromatic rings. The molecule has 29 heavy (non-hydrogen) atoms. The van der Waals surface area contributed by atoms with Crippen molar-refractivity contribution in [2.75, 3.05) is 5.32 Å². The maximum atomic E-state index is 10.6. The van der Waals surface area contributed by atoms with Crippen LogP contribution in [0.3, 0.4) is 0 Å². The molecule has 3 N–H and O–H groups in total. The van der Waals surface area contributed by atoms with E-state index in [-0.39, 0.29) is 0 Å². The van der Waals surface area contributed by atoms with Gasteiger partial charge in [0.2, 0.25) is 0 Å². The maximum Gasteiger partial charge on any atom is 0.167 e. The van der Waals surface area contributed by atoms with Crippen molar-refractivity contribution in [3.8, 4) is 0 Å². The fraction of sp³-hybridized carbons (Fsp3) is 0.474. The van der Waals surface area contributed by atoms with E-state index < -0.39 is 24.5 Å². The van der Waals surface area contributed by atoms with Gasteiger partial charge in [-0.05, 0) is 18.9 Å². The fourth-order valence-electron chi connectivity index (χ4n) is 3.98. The zero-order valence-corrected chi connectivity index (χ0v) is 16.4. The number of nitrogens with zero attached hydrogens (tertiary/aromatic N) is 5. The molecule has 2 aliphatic rings. The van der Waals surface area contributed by atoms with Crippen LogP contribution in [0.1, 0.15) is 36.9 Å². The normalized spacial score (nSPS) is 28.1. The van der Waals surface area contributed by atoms with Crippen LogP contribution in [0.5, 0.6) is 0 Å². The number of aliphatic hydroxyl groups is 2. The fourth-order valence-corrected chi connectivity index (χ4v) is 4.52. The van der Waals surface area contributed by atoms with Gasteiger partial charge in [0.1, 0.15) is 29.6 Å². The molecule has 2 fully saturated rings. The van der Waals surface area contributed by atoms with Crippen LogP contribution in [-0.2, 0) is 4.74 Å². The van der Waals surface area contributed by atoms with Gasteiger partial charge in [0.25, 0.3) is 0 Å². The number of aromatic nitrogens is 5. The van der Waals surface area contributed by atoms with Crippen molar-refractivity contribution in [1.29, 1.82) is 0 Å². The minimum absolute atomic E-state index is 0.397. The van der Waals surface area contributed by atoms with Crippen molar-refractivity contribution in [1.82, 2.24) is 24.5 Å². The van der Waals surface area contributed by atoms with Gasteiger partial charge in [-0.15, -0.1) is 11.3 Å². The summed E-state index contributed by atoms with van der Waals surface area (Å²) in [4.78, 5) is 17.3. The van der Waals surface area contributed by atoms with Gasteiger partial charge in [-0.1, -0.05) is 18.9 Å². The van der Waals surface area contributed by atoms with Crippen molar-refractivity contribution in [3.63, 3.8) is 0 Å². The van der Waals surface area contributed by atoms with E-state index >= 15 is 0 Å². The maximum absolute atomic E-state index is 10.6. The Morgan fingerprint density at radius 3 is 2.79 bits per heavy atom. The first kappa shape index (κ1) is 18.6. The predicted molar refractivity (Wildman–Crippen MR) is 108 cm³/mol. The number of aliphatic hydroxyl groups excluding tert-OH is 2. The number of fused-ring (bicyclic) bond motifs is 1. The zero-order chi connectivity index (χ0) is 19.8. The van der Waals surface area contributed by atoms with Gasteiger partial charge in [0.15, 0.2) is 23.2 Å². The average molecular weight is 414 g/mol. The van der Waals surface area contributed by atoms with Crippen molar-refractivity contribution in [2.45, 2.75) is 56.3 Å². The molecule has 0 unspecified atom stereocenters. The second-order valence-corrected chi connectivity index (χ2v) is 8.30. The lowest BCUT2D eigenvalue weighted by molar-refractivity contribution is -0.0243. The van der Waals surface area contributed by atoms with E-state index in [0.29, 0.717) is 23.0 Å². The second kappa shape index (κ2) is 7.79. The Labute approximate surface area is 171 Å². The van der Waals surface area contributed by atoms with Crippen LogP contribution in [0, 0.1) is 0 Å². The van der Waals surface area contributed by atoms with Crippen LogP contribution < -0.4 is 5.32 Å². The number of anilines is 1. The van der Waals surface area contributed by atoms with Gasteiger partial charge < -0.3 is 20.3 Å². The highest BCUT2D eigenvalue weighted by molar-refractivity contribution is 7.10. The summed E-state index contributed by atoms with van der Waals surface area (Å²) in [7, 11) is 0. The lowest BCUT2D eigenvalue weighted by atomic mass is 10.1. The summed E-state index contributed by atoms with van der Waals surface area (Å²) in [6.07, 6.45) is 9.32. The smallest absolute Gasteiger partial charge is 0.167 e. The Kier molecular flexibility index (Phi) is 5.00. The topological polar surface area (TPSA) is 118 Å². The number of hydrogen-bond donors (Lipinski definition) is 3. The number of imidazole rings is 1. The molecule has 0 aromatic carbocycles. The predicted octanol–water partition coefficient (Wildman–Crippen LogP) is 1.97. The monoisotopic (exact) mass is 414 g/mol. The molecule has 5 rings (SSSR count). The third-order valence-corrected chi connectivity index (χ3v) is 6.22. The summed E-state index contributed by atoms with van der Waals surface area (Å²) in [5.41, 5.74) is 1.19. The molecule has 4 atom stereocenters. The minimum atomic E-state index is -1.11. The van der Waals surface area contributed by atoms with Gasteiger partial charge in [0.05, 0.1) is 6.33 Å². The quantitative estimate of drug-likeness (QED) is 0.580. The van der Waals surface area contributed by atoms with E-state index in [2.05, 4.69) is 25.3 Å². The largest absolute Gasteiger partial charge is 0.387 e. The Morgan fingerprint density at radius 1 is 1.14 bits per heavy atom. The lowest BCUT2D eigenvalue weighted by Crippen LogP contribution is -2.30. The molecule has 0 spiro atoms. The molecular weight excluding hydrogens is 392 g/mol. The van der Waals surface area contributed by atoms with Gasteiger partial charge >= 0.3 is 0 Å². The van der Waals surface area contributed by atoms with Crippen LogP contribution >= 0.6 is 11.3 Å². The first-order valence-corrected chi connectivity index (χ1v) is 10.6. The molecule has 4 heterocycles. The number of ether oxygens (including phenoxy) is 1. The number of hydrogen-bond acceptors (Lipinski definition) is 9. The standard InChI is InChI=1S/C19H22N6O3S/c26-15-12(5-6-13-20-7-8-29-13)28-19(16(15)27)25-10-23-14-17(21-9-22-18(14)25)24-11-3-1-2-4-11/h5-12,15-16,19,26-27H,1-4H2,(H,21,22,24)/t12-,15-,16-,19-/m1/s1. The lowest BCUT2D eigenvalue weighted by Gasteiger charge is -2.17. The summed E-state index contributed by atoms with van der Waals surface area (Å²) in [6.45, 7) is 0. The first-order valence-electron chi connectivity index (χ1n) is 9.74. The molecule has 9 nitrogen and oxygen atoms in total. The van der Waals surface area contributed by atoms with Gasteiger partial charge in [0, 0.05) is 17.6 Å². The van der Waals surface area contributed by atoms with Crippen molar-refractivity contribution >= 4 is 34.4 Å². The highest BCUT2D eigenvalue weighted by Crippen LogP contribution is 2.33. The van der Waals surface area contributed by atoms with Crippen molar-refractivity contribution < 1.29 is 14.9 Å². The van der Waals surface area contributed by atoms with Crippen molar-refractivity contribution in [2.24, 2.45) is 0 Å². The Morgan fingerprint density at radius 2 is 2.00 bits per heavy atom. The minimum Gasteiger partial charge on any atom is -0.387 e. The Balaban J connectivity index is 1.40. The van der Waals surface area contributed by atoms with Gasteiger partial charge in [-0.25, -0.2) is 19.9 Å². The summed E-state index contributed by atoms with van der Waals surface area (Å²) in [6, 6.07) is 0.397. The van der Waals surface area contributed by atoms with Crippen LogP contribution in [0.4, 0.5) is 5.82 Å². The molecule has 152 valence electrons. The molecule has 1 saturated heterocycles. The van der Waals surface area contributed by atoms with Gasteiger partial charge in [-0.2, -0.15) is 0 Å². The van der Waals surface area contributed by atoms with Crippen molar-refractivity contribution in [3.05, 3.63) is 35.3 Å². The average Bonchev–Trinajstić information content (AvgIpc) is 3.51. The molecule has 0 bridgehead atoms. The van der Waals surface area contributed by atoms with E-state index in [9.17, 15) is 10.2 Å². The Bertz CT molecular complexity index is 1000. The molecule has 0 amide bonds. The second-order valence-electron chi connectivity index (χ2n) is 7.37. The summed E-state index contributed by atoms with van der Waals surface area (Å²) < 4.78 is 7.60. The number of nitrogens with one attached hydrogen (secondary N) is 1. The SMILES string of the molecule is O[C@@H]1[C@H](O)[C@@H](C=Cc2nccs2)O[C@H]1n1cnc2c(NC3CCCC3)ncnc21. The molecule has 10 heteroatoms. The molecule has 1 aliphatic carbocycles. The van der Waals surface area contributed by atoms with E-state index in [0.717, 1.165) is 17.8 Å². The highest BCUT2D eigenvalue weighted by atomic mass is 32.1. The molecule has 1 aliphatic heterocycles. The molecule has 0 radical (unpaired) electrons. The van der Waals surface area contributed by atoms with E-state index in [1.807, 2.05) is 5.38 Å². The van der Waals surface area contributed by atoms with E-state index in [1.54, 1.807) is 29.2 Å². The third-order valence-electron chi connectivity index (χ3n) is 5.48. The van der Waals surface area contributed by atoms with E-state index in [4.69, 9.17) is 4.74 Å². The highest BCUT2D eigenvalue weighted by Gasteiger charge is 2.43.